The van der Waals surface area contributed by atoms with Crippen molar-refractivity contribution in [2.45, 2.75) is 26.7 Å². The fraction of sp³-hybridized carbons (Fsp3) is 0.857. The molecule has 0 fully saturated rings. The van der Waals surface area contributed by atoms with Gasteiger partial charge in [0.2, 0.25) is 0 Å². The monoisotopic (exact) mass is 132 g/mol. The van der Waals surface area contributed by atoms with E-state index in [1.165, 1.54) is 12.8 Å². The Morgan fingerprint density at radius 1 is 1.38 bits per heavy atom. The molecule has 0 saturated heterocycles. The van der Waals surface area contributed by atoms with E-state index in [4.69, 9.17) is 0 Å². The van der Waals surface area contributed by atoms with Crippen molar-refractivity contribution >= 4 is 15.3 Å². The summed E-state index contributed by atoms with van der Waals surface area (Å²) >= 11 is 0. The second kappa shape index (κ2) is 4.13. The van der Waals surface area contributed by atoms with Crippen molar-refractivity contribution in [3.8, 4) is 0 Å². The maximum absolute atomic E-state index is 2.28. The Balaban J connectivity index is 3.62. The van der Waals surface area contributed by atoms with Gasteiger partial charge in [-0.05, 0) is 25.9 Å². The third-order valence-electron chi connectivity index (χ3n) is 1.30. The highest BCUT2D eigenvalue weighted by atomic mass is 32.2. The van der Waals surface area contributed by atoms with Gasteiger partial charge in [0.05, 0.1) is 0 Å². The lowest BCUT2D eigenvalue weighted by atomic mass is 10.3. The van der Waals surface area contributed by atoms with E-state index in [0.29, 0.717) is 10.5 Å². The fourth-order valence-corrected chi connectivity index (χ4v) is 1.17. The molecule has 0 aliphatic carbocycles. The van der Waals surface area contributed by atoms with Crippen LogP contribution in [0.25, 0.3) is 0 Å². The van der Waals surface area contributed by atoms with E-state index in [1.54, 1.807) is 4.86 Å². The molecule has 1 heteroatoms. The van der Waals surface area contributed by atoms with Gasteiger partial charge in [-0.25, -0.2) is 0 Å². The first-order chi connectivity index (χ1) is 3.68. The predicted octanol–water partition coefficient (Wildman–Crippen LogP) is 2.51. The zero-order valence-electron chi connectivity index (χ0n) is 6.32. The molecule has 0 heterocycles. The van der Waals surface area contributed by atoms with Crippen LogP contribution in [0.15, 0.2) is 0 Å². The average molecular weight is 132 g/mol. The molecule has 0 aromatic heterocycles. The lowest BCUT2D eigenvalue weighted by molar-refractivity contribution is 1.00. The van der Waals surface area contributed by atoms with Crippen molar-refractivity contribution in [1.29, 1.82) is 0 Å². The molecule has 0 spiro atoms. The maximum Gasteiger partial charge on any atom is -0.0237 e. The van der Waals surface area contributed by atoms with Gasteiger partial charge in [0.15, 0.2) is 0 Å². The van der Waals surface area contributed by atoms with Gasteiger partial charge in [0, 0.05) is 0 Å². The summed E-state index contributed by atoms with van der Waals surface area (Å²) in [4.78, 5) is 1.66. The minimum absolute atomic E-state index is 0.556. The number of hydrogen-bond donors (Lipinski definition) is 0. The van der Waals surface area contributed by atoms with Gasteiger partial charge in [-0.2, -0.15) is 10.5 Å². The first kappa shape index (κ1) is 8.22. The first-order valence-electron chi connectivity index (χ1n) is 3.08. The quantitative estimate of drug-likeness (QED) is 0.506. The summed E-state index contributed by atoms with van der Waals surface area (Å²) < 4.78 is 0. The molecule has 8 heavy (non-hydrogen) atoms. The molecule has 0 amide bonds. The van der Waals surface area contributed by atoms with Crippen molar-refractivity contribution in [2.75, 3.05) is 12.5 Å². The van der Waals surface area contributed by atoms with Crippen LogP contribution < -0.4 is 0 Å². The summed E-state index contributed by atoms with van der Waals surface area (Å²) in [6.07, 6.45) is 7.18. The fourth-order valence-electron chi connectivity index (χ4n) is 0.556. The third-order valence-corrected chi connectivity index (χ3v) is 2.90. The normalized spacial score (nSPS) is 10.1. The summed E-state index contributed by atoms with van der Waals surface area (Å²) in [5, 5.41) is 0. The third kappa shape index (κ3) is 3.25. The Hall–Kier alpha value is 0.220. The van der Waals surface area contributed by atoms with Gasteiger partial charge in [0.1, 0.15) is 0 Å². The SMILES string of the molecule is CCCC(C)=S(C)C. The highest BCUT2D eigenvalue weighted by molar-refractivity contribution is 8.14. The second-order valence-corrected chi connectivity index (χ2v) is 4.60. The lowest BCUT2D eigenvalue weighted by Crippen LogP contribution is -1.88. The minimum atomic E-state index is 0.556. The van der Waals surface area contributed by atoms with E-state index < -0.39 is 0 Å². The smallest absolute Gasteiger partial charge is 0.0237 e. The standard InChI is InChI=1S/C7H16S/c1-5-6-7(2)8(3)4/h5-6H2,1-4H3. The summed E-state index contributed by atoms with van der Waals surface area (Å²) in [7, 11) is 0.556. The Kier molecular flexibility index (Phi) is 4.25. The van der Waals surface area contributed by atoms with Crippen LogP contribution in [-0.2, 0) is 0 Å². The van der Waals surface area contributed by atoms with E-state index >= 15 is 0 Å². The Labute approximate surface area is 55.2 Å². The van der Waals surface area contributed by atoms with E-state index in [2.05, 4.69) is 26.4 Å². The van der Waals surface area contributed by atoms with Crippen LogP contribution in [0.3, 0.4) is 0 Å². The first-order valence-corrected chi connectivity index (χ1v) is 5.12. The molecule has 0 N–H and O–H groups in total. The molecular formula is C7H16S. The zero-order chi connectivity index (χ0) is 6.57. The topological polar surface area (TPSA) is 0 Å². The average Bonchev–Trinajstić information content (AvgIpc) is 1.67. The Morgan fingerprint density at radius 3 is 2.00 bits per heavy atom. The van der Waals surface area contributed by atoms with Crippen molar-refractivity contribution in [1.82, 2.24) is 0 Å². The van der Waals surface area contributed by atoms with Gasteiger partial charge in [-0.15, -0.1) is 0 Å². The van der Waals surface area contributed by atoms with Gasteiger partial charge in [0.25, 0.3) is 0 Å². The van der Waals surface area contributed by atoms with Gasteiger partial charge >= 0.3 is 0 Å². The van der Waals surface area contributed by atoms with Crippen LogP contribution in [0, 0.1) is 0 Å². The van der Waals surface area contributed by atoms with Crippen molar-refractivity contribution in [3.63, 3.8) is 0 Å². The van der Waals surface area contributed by atoms with Crippen LogP contribution in [0.1, 0.15) is 26.7 Å². The molecule has 0 rings (SSSR count). The van der Waals surface area contributed by atoms with E-state index in [-0.39, 0.29) is 0 Å². The van der Waals surface area contributed by atoms with Gasteiger partial charge in [-0.3, -0.25) is 0 Å². The molecule has 0 aromatic rings. The molecule has 0 aliphatic rings. The largest absolute Gasteiger partial charge is 0.193 e. The van der Waals surface area contributed by atoms with Gasteiger partial charge < -0.3 is 0 Å². The van der Waals surface area contributed by atoms with Crippen molar-refractivity contribution in [2.24, 2.45) is 0 Å². The molecule has 0 atom stereocenters. The number of rotatable bonds is 2. The lowest BCUT2D eigenvalue weighted by Gasteiger charge is -1.99. The molecule has 0 aliphatic heterocycles. The Morgan fingerprint density at radius 2 is 1.88 bits per heavy atom. The summed E-state index contributed by atoms with van der Waals surface area (Å²) in [5.41, 5.74) is 0. The van der Waals surface area contributed by atoms with Crippen molar-refractivity contribution < 1.29 is 0 Å². The number of hydrogen-bond acceptors (Lipinski definition) is 0. The van der Waals surface area contributed by atoms with Crippen molar-refractivity contribution in [3.05, 3.63) is 0 Å². The highest BCUT2D eigenvalue weighted by Gasteiger charge is 1.86. The summed E-state index contributed by atoms with van der Waals surface area (Å²) in [6.45, 7) is 4.49. The summed E-state index contributed by atoms with van der Waals surface area (Å²) in [5.74, 6) is 0. The highest BCUT2D eigenvalue weighted by Crippen LogP contribution is 2.06. The molecule has 0 nitrogen and oxygen atoms in total. The molecule has 0 radical (unpaired) electrons. The molecule has 0 unspecified atom stereocenters. The molecule has 0 bridgehead atoms. The predicted molar refractivity (Wildman–Crippen MR) is 45.0 cm³/mol. The summed E-state index contributed by atoms with van der Waals surface area (Å²) in [6, 6.07) is 0. The van der Waals surface area contributed by atoms with Crippen LogP contribution in [0.2, 0.25) is 0 Å². The zero-order valence-corrected chi connectivity index (χ0v) is 7.14. The van der Waals surface area contributed by atoms with Gasteiger partial charge in [-0.1, -0.05) is 18.2 Å². The maximum atomic E-state index is 2.28. The molecular weight excluding hydrogens is 116 g/mol. The van der Waals surface area contributed by atoms with Crippen LogP contribution >= 0.6 is 10.5 Å². The van der Waals surface area contributed by atoms with Crippen LogP contribution in [0.4, 0.5) is 0 Å². The van der Waals surface area contributed by atoms with E-state index in [1.807, 2.05) is 0 Å². The van der Waals surface area contributed by atoms with E-state index in [9.17, 15) is 0 Å². The van der Waals surface area contributed by atoms with Crippen LogP contribution in [-0.4, -0.2) is 17.4 Å². The molecule has 0 aromatic carbocycles. The molecule has 0 saturated carbocycles. The van der Waals surface area contributed by atoms with Crippen LogP contribution in [0.5, 0.6) is 0 Å². The van der Waals surface area contributed by atoms with E-state index in [0.717, 1.165) is 0 Å². The molecule has 50 valence electrons. The minimum Gasteiger partial charge on any atom is -0.193 e. The Bertz CT molecular complexity index is 88.6. The second-order valence-electron chi connectivity index (χ2n) is 2.27.